The smallest absolute Gasteiger partial charge is 0.297 e. The fraction of sp³-hybridized carbons (Fsp3) is 0.0625. The van der Waals surface area contributed by atoms with E-state index in [0.29, 0.717) is 21.8 Å². The molecule has 2 aliphatic heterocycles. The van der Waals surface area contributed by atoms with Crippen LogP contribution in [0.1, 0.15) is 11.3 Å². The maximum Gasteiger partial charge on any atom is 0.297 e. The van der Waals surface area contributed by atoms with Crippen LogP contribution in [0.2, 0.25) is 0 Å². The number of benzene rings is 1. The first-order valence-corrected chi connectivity index (χ1v) is 7.79. The molecule has 2 aliphatic rings. The van der Waals surface area contributed by atoms with Crippen LogP contribution in [-0.4, -0.2) is 21.3 Å². The highest BCUT2D eigenvalue weighted by molar-refractivity contribution is 8.27. The maximum absolute atomic E-state index is 12.3. The lowest BCUT2D eigenvalue weighted by molar-refractivity contribution is -0.123. The Labute approximate surface area is 136 Å². The van der Waals surface area contributed by atoms with Crippen LogP contribution in [0.5, 0.6) is 0 Å². The second kappa shape index (κ2) is 5.44. The lowest BCUT2D eigenvalue weighted by atomic mass is 10.2. The van der Waals surface area contributed by atoms with E-state index in [9.17, 15) is 4.79 Å². The van der Waals surface area contributed by atoms with E-state index in [1.165, 1.54) is 22.3 Å². The van der Waals surface area contributed by atoms with Gasteiger partial charge >= 0.3 is 0 Å². The Morgan fingerprint density at radius 3 is 2.83 bits per heavy atom. The van der Waals surface area contributed by atoms with Crippen molar-refractivity contribution in [1.29, 1.82) is 0 Å². The Bertz CT molecular complexity index is 851. The summed E-state index contributed by atoms with van der Waals surface area (Å²) in [6, 6.07) is 11.4. The van der Waals surface area contributed by atoms with Crippen LogP contribution in [0.4, 0.5) is 5.69 Å². The predicted octanol–water partition coefficient (Wildman–Crippen LogP) is 3.07. The number of aliphatic imine (C=N–C) groups is 2. The molecular formula is C16H12N4O2S. The second-order valence-electron chi connectivity index (χ2n) is 5.05. The minimum Gasteiger partial charge on any atom is -0.465 e. The second-order valence-corrected chi connectivity index (χ2v) is 6.00. The minimum atomic E-state index is -0.224. The van der Waals surface area contributed by atoms with Crippen LogP contribution in [0, 0.1) is 6.92 Å². The number of aryl methyl sites for hydroxylation is 1. The number of fused-ring (bicyclic) bond motifs is 1. The van der Waals surface area contributed by atoms with E-state index >= 15 is 0 Å². The van der Waals surface area contributed by atoms with Gasteiger partial charge in [-0.3, -0.25) is 10.2 Å². The van der Waals surface area contributed by atoms with E-state index in [1.54, 1.807) is 24.5 Å². The Hall–Kier alpha value is -2.80. The van der Waals surface area contributed by atoms with Gasteiger partial charge in [-0.2, -0.15) is 5.01 Å². The molecule has 2 aromatic rings. The molecule has 1 aromatic carbocycles. The van der Waals surface area contributed by atoms with Crippen LogP contribution >= 0.6 is 11.8 Å². The average molecular weight is 324 g/mol. The molecule has 23 heavy (non-hydrogen) atoms. The molecule has 114 valence electrons. The van der Waals surface area contributed by atoms with Crippen molar-refractivity contribution in [3.63, 3.8) is 0 Å². The van der Waals surface area contributed by atoms with Crippen LogP contribution < -0.4 is 5.43 Å². The fourth-order valence-corrected chi connectivity index (χ4v) is 2.99. The van der Waals surface area contributed by atoms with Gasteiger partial charge in [0.25, 0.3) is 5.91 Å². The summed E-state index contributed by atoms with van der Waals surface area (Å²) in [5.41, 5.74) is 5.31. The largest absolute Gasteiger partial charge is 0.465 e. The molecule has 1 aromatic heterocycles. The van der Waals surface area contributed by atoms with Gasteiger partial charge in [0.05, 0.1) is 12.0 Å². The molecule has 0 aliphatic carbocycles. The zero-order valence-corrected chi connectivity index (χ0v) is 13.0. The molecule has 3 heterocycles. The fourth-order valence-electron chi connectivity index (χ4n) is 2.16. The highest BCUT2D eigenvalue weighted by atomic mass is 32.2. The molecular weight excluding hydrogens is 312 g/mol. The monoisotopic (exact) mass is 324 g/mol. The number of amides is 1. The summed E-state index contributed by atoms with van der Waals surface area (Å²) < 4.78 is 5.21. The number of amidine groups is 2. The summed E-state index contributed by atoms with van der Waals surface area (Å²) in [6.07, 6.45) is 3.17. The summed E-state index contributed by atoms with van der Waals surface area (Å²) in [7, 11) is 0. The molecule has 1 amide bonds. The molecule has 1 saturated heterocycles. The van der Waals surface area contributed by atoms with Gasteiger partial charge in [0.15, 0.2) is 10.3 Å². The number of hydrogen-bond donors (Lipinski definition) is 1. The van der Waals surface area contributed by atoms with Gasteiger partial charge in [0.1, 0.15) is 11.5 Å². The zero-order chi connectivity index (χ0) is 15.8. The van der Waals surface area contributed by atoms with Crippen molar-refractivity contribution >= 4 is 39.8 Å². The SMILES string of the molecule is Cc1ccc(N=C2NN3C(=O)/C(=C/c4ccco4)N=C3S2)cc1. The molecule has 0 spiro atoms. The van der Waals surface area contributed by atoms with Gasteiger partial charge in [-0.05, 0) is 43.0 Å². The van der Waals surface area contributed by atoms with Crippen LogP contribution in [-0.2, 0) is 4.79 Å². The number of carbonyl (C=O) groups is 1. The van der Waals surface area contributed by atoms with Crippen molar-refractivity contribution in [3.05, 3.63) is 59.7 Å². The Balaban J connectivity index is 1.57. The first-order chi connectivity index (χ1) is 11.2. The lowest BCUT2D eigenvalue weighted by Gasteiger charge is -2.08. The van der Waals surface area contributed by atoms with E-state index in [4.69, 9.17) is 4.42 Å². The molecule has 6 nitrogen and oxygen atoms in total. The number of thioether (sulfide) groups is 1. The van der Waals surface area contributed by atoms with Crippen LogP contribution in [0.15, 0.2) is 62.8 Å². The molecule has 0 unspecified atom stereocenters. The van der Waals surface area contributed by atoms with Crippen molar-refractivity contribution in [1.82, 2.24) is 10.4 Å². The molecule has 1 N–H and O–H groups in total. The topological polar surface area (TPSA) is 70.2 Å². The third kappa shape index (κ3) is 2.66. The van der Waals surface area contributed by atoms with Crippen molar-refractivity contribution in [2.75, 3.05) is 0 Å². The number of hydrazine groups is 1. The summed E-state index contributed by atoms with van der Waals surface area (Å²) in [6.45, 7) is 2.02. The number of nitrogens with zero attached hydrogens (tertiary/aromatic N) is 3. The summed E-state index contributed by atoms with van der Waals surface area (Å²) >= 11 is 1.32. The van der Waals surface area contributed by atoms with Gasteiger partial charge in [0, 0.05) is 6.08 Å². The molecule has 0 bridgehead atoms. The van der Waals surface area contributed by atoms with Gasteiger partial charge in [-0.15, -0.1) is 0 Å². The van der Waals surface area contributed by atoms with Crippen LogP contribution in [0.3, 0.4) is 0 Å². The van der Waals surface area contributed by atoms with Crippen molar-refractivity contribution in [2.24, 2.45) is 9.98 Å². The Morgan fingerprint density at radius 1 is 1.30 bits per heavy atom. The summed E-state index contributed by atoms with van der Waals surface area (Å²) in [5.74, 6) is 0.371. The number of furan rings is 1. The molecule has 0 radical (unpaired) electrons. The van der Waals surface area contributed by atoms with Crippen molar-refractivity contribution in [3.8, 4) is 0 Å². The summed E-state index contributed by atoms with van der Waals surface area (Å²) in [5, 5.41) is 2.59. The minimum absolute atomic E-state index is 0.224. The molecule has 0 atom stereocenters. The number of carbonyl (C=O) groups excluding carboxylic acids is 1. The maximum atomic E-state index is 12.3. The third-order valence-corrected chi connectivity index (χ3v) is 4.14. The third-order valence-electron chi connectivity index (χ3n) is 3.31. The quantitative estimate of drug-likeness (QED) is 0.862. The Morgan fingerprint density at radius 2 is 2.13 bits per heavy atom. The number of hydrogen-bond acceptors (Lipinski definition) is 5. The van der Waals surface area contributed by atoms with Gasteiger partial charge in [-0.1, -0.05) is 17.7 Å². The van der Waals surface area contributed by atoms with Crippen molar-refractivity contribution in [2.45, 2.75) is 6.92 Å². The highest BCUT2D eigenvalue weighted by Crippen LogP contribution is 2.29. The van der Waals surface area contributed by atoms with Crippen LogP contribution in [0.25, 0.3) is 6.08 Å². The van der Waals surface area contributed by atoms with E-state index in [-0.39, 0.29) is 5.91 Å². The molecule has 7 heteroatoms. The van der Waals surface area contributed by atoms with E-state index < -0.39 is 0 Å². The van der Waals surface area contributed by atoms with E-state index in [1.807, 2.05) is 31.2 Å². The number of rotatable bonds is 2. The average Bonchev–Trinajstić information content (AvgIpc) is 3.23. The standard InChI is InChI=1S/C16H12N4O2S/c1-10-4-6-11(7-5-10)17-15-19-20-14(21)13(18-16(20)23-15)9-12-3-2-8-22-12/h2-9H,1H3,(H,17,19)/b13-9-. The first-order valence-electron chi connectivity index (χ1n) is 6.97. The van der Waals surface area contributed by atoms with Crippen molar-refractivity contribution < 1.29 is 9.21 Å². The first kappa shape index (κ1) is 13.8. The summed E-state index contributed by atoms with van der Waals surface area (Å²) in [4.78, 5) is 21.1. The molecule has 4 rings (SSSR count). The predicted molar refractivity (Wildman–Crippen MR) is 90.0 cm³/mol. The van der Waals surface area contributed by atoms with E-state index in [0.717, 1.165) is 5.69 Å². The normalized spacial score (nSPS) is 20.1. The lowest BCUT2D eigenvalue weighted by Crippen LogP contribution is -2.38. The highest BCUT2D eigenvalue weighted by Gasteiger charge is 2.38. The molecule has 1 fully saturated rings. The van der Waals surface area contributed by atoms with Gasteiger partial charge in [-0.25, -0.2) is 9.98 Å². The molecule has 0 saturated carbocycles. The Kier molecular flexibility index (Phi) is 3.27. The van der Waals surface area contributed by atoms with Gasteiger partial charge in [0.2, 0.25) is 0 Å². The van der Waals surface area contributed by atoms with E-state index in [2.05, 4.69) is 15.4 Å². The zero-order valence-electron chi connectivity index (χ0n) is 12.2. The van der Waals surface area contributed by atoms with Gasteiger partial charge < -0.3 is 4.42 Å². The number of nitrogens with one attached hydrogen (secondary N) is 1.